The zero-order chi connectivity index (χ0) is 15.7. The molecular formula is C17H23NO4. The van der Waals surface area contributed by atoms with Gasteiger partial charge in [0, 0.05) is 18.9 Å². The first-order valence-corrected chi connectivity index (χ1v) is 8.15. The van der Waals surface area contributed by atoms with Crippen LogP contribution in [0.15, 0.2) is 16.5 Å². The van der Waals surface area contributed by atoms with Crippen molar-refractivity contribution in [2.75, 3.05) is 0 Å². The summed E-state index contributed by atoms with van der Waals surface area (Å²) >= 11 is 0. The Morgan fingerprint density at radius 2 is 2.09 bits per heavy atom. The highest BCUT2D eigenvalue weighted by atomic mass is 16.4. The summed E-state index contributed by atoms with van der Waals surface area (Å²) in [6, 6.07) is 3.25. The van der Waals surface area contributed by atoms with Crippen LogP contribution >= 0.6 is 0 Å². The van der Waals surface area contributed by atoms with Gasteiger partial charge < -0.3 is 14.4 Å². The van der Waals surface area contributed by atoms with E-state index in [4.69, 9.17) is 4.42 Å². The smallest absolute Gasteiger partial charge is 0.326 e. The lowest BCUT2D eigenvalue weighted by Crippen LogP contribution is -2.46. The van der Waals surface area contributed by atoms with Crippen molar-refractivity contribution in [2.45, 2.75) is 64.0 Å². The highest BCUT2D eigenvalue weighted by molar-refractivity contribution is 5.84. The van der Waals surface area contributed by atoms with E-state index in [9.17, 15) is 14.7 Å². The Hall–Kier alpha value is -1.78. The third kappa shape index (κ3) is 2.89. The molecule has 2 aliphatic rings. The van der Waals surface area contributed by atoms with E-state index in [1.807, 2.05) is 19.1 Å². The summed E-state index contributed by atoms with van der Waals surface area (Å²) in [7, 11) is 0. The van der Waals surface area contributed by atoms with Gasteiger partial charge in [-0.05, 0) is 44.2 Å². The van der Waals surface area contributed by atoms with Gasteiger partial charge in [-0.15, -0.1) is 0 Å². The second-order valence-electron chi connectivity index (χ2n) is 6.51. The van der Waals surface area contributed by atoms with Gasteiger partial charge in [0.2, 0.25) is 5.91 Å². The molecule has 120 valence electrons. The first kappa shape index (κ1) is 15.1. The number of rotatable bonds is 4. The first-order valence-electron chi connectivity index (χ1n) is 8.15. The minimum absolute atomic E-state index is 0.0455. The van der Waals surface area contributed by atoms with Crippen molar-refractivity contribution in [3.05, 3.63) is 23.7 Å². The Bertz CT molecular complexity index is 565. The molecule has 2 fully saturated rings. The van der Waals surface area contributed by atoms with Crippen LogP contribution in [0.2, 0.25) is 0 Å². The van der Waals surface area contributed by atoms with Gasteiger partial charge in [0.1, 0.15) is 17.6 Å². The predicted molar refractivity (Wildman–Crippen MR) is 80.4 cm³/mol. The van der Waals surface area contributed by atoms with E-state index in [1.165, 1.54) is 0 Å². The van der Waals surface area contributed by atoms with Crippen LogP contribution in [0, 0.1) is 12.8 Å². The number of fused-ring (bicyclic) bond motifs is 1. The monoisotopic (exact) mass is 305 g/mol. The van der Waals surface area contributed by atoms with E-state index < -0.39 is 12.0 Å². The van der Waals surface area contributed by atoms with E-state index in [0.29, 0.717) is 25.2 Å². The average Bonchev–Trinajstić information content (AvgIpc) is 3.08. The van der Waals surface area contributed by atoms with E-state index in [1.54, 1.807) is 4.90 Å². The van der Waals surface area contributed by atoms with E-state index in [0.717, 1.165) is 37.2 Å². The number of carboxylic acid groups (broad SMARTS) is 1. The van der Waals surface area contributed by atoms with E-state index in [-0.39, 0.29) is 11.9 Å². The number of aryl methyl sites for hydroxylation is 2. The molecule has 3 rings (SSSR count). The molecule has 2 heterocycles. The molecule has 0 bridgehead atoms. The maximum Gasteiger partial charge on any atom is 0.326 e. The summed E-state index contributed by atoms with van der Waals surface area (Å²) < 4.78 is 5.49. The summed E-state index contributed by atoms with van der Waals surface area (Å²) in [5.74, 6) is 1.08. The molecule has 1 saturated heterocycles. The van der Waals surface area contributed by atoms with Gasteiger partial charge in [0.05, 0.1) is 0 Å². The predicted octanol–water partition coefficient (Wildman–Crippen LogP) is 2.76. The average molecular weight is 305 g/mol. The fourth-order valence-electron chi connectivity index (χ4n) is 4.02. The first-order chi connectivity index (χ1) is 10.6. The number of hydrogen-bond acceptors (Lipinski definition) is 3. The lowest BCUT2D eigenvalue weighted by molar-refractivity contribution is -0.149. The summed E-state index contributed by atoms with van der Waals surface area (Å²) in [5, 5.41) is 9.46. The third-order valence-corrected chi connectivity index (χ3v) is 5.04. The van der Waals surface area contributed by atoms with Gasteiger partial charge in [0.15, 0.2) is 0 Å². The molecule has 1 aromatic rings. The van der Waals surface area contributed by atoms with Gasteiger partial charge in [-0.2, -0.15) is 0 Å². The molecule has 1 aromatic heterocycles. The fraction of sp³-hybridized carbons (Fsp3) is 0.647. The second kappa shape index (κ2) is 6.15. The quantitative estimate of drug-likeness (QED) is 0.928. The molecule has 1 aliphatic heterocycles. The van der Waals surface area contributed by atoms with Gasteiger partial charge >= 0.3 is 5.97 Å². The molecule has 0 aromatic carbocycles. The van der Waals surface area contributed by atoms with Crippen LogP contribution in [0.1, 0.15) is 50.0 Å². The largest absolute Gasteiger partial charge is 0.480 e. The fourth-order valence-corrected chi connectivity index (χ4v) is 4.02. The van der Waals surface area contributed by atoms with Crippen LogP contribution in [-0.2, 0) is 16.0 Å². The lowest BCUT2D eigenvalue weighted by atomic mass is 9.84. The van der Waals surface area contributed by atoms with Gasteiger partial charge in [0.25, 0.3) is 0 Å². The number of amides is 1. The topological polar surface area (TPSA) is 70.8 Å². The van der Waals surface area contributed by atoms with Crippen molar-refractivity contribution in [1.29, 1.82) is 0 Å². The molecule has 0 radical (unpaired) electrons. The van der Waals surface area contributed by atoms with Crippen molar-refractivity contribution < 1.29 is 19.1 Å². The number of carbonyl (C=O) groups is 2. The Morgan fingerprint density at radius 3 is 2.77 bits per heavy atom. The Kier molecular flexibility index (Phi) is 4.23. The van der Waals surface area contributed by atoms with Crippen molar-refractivity contribution in [3.8, 4) is 0 Å². The number of carbonyl (C=O) groups excluding carboxylic acids is 1. The normalized spacial score (nSPS) is 27.7. The molecule has 1 saturated carbocycles. The standard InChI is InChI=1S/C17H23NO4/c1-11-6-7-13(22-11)8-9-16(19)18-14-5-3-2-4-12(14)10-15(18)17(20)21/h6-7,12,14-15H,2-5,8-10H2,1H3,(H,20,21)/t12-,14+,15+/m1/s1. The molecule has 5 nitrogen and oxygen atoms in total. The molecule has 0 unspecified atom stereocenters. The summed E-state index contributed by atoms with van der Waals surface area (Å²) in [6.45, 7) is 1.87. The van der Waals surface area contributed by atoms with Crippen molar-refractivity contribution in [1.82, 2.24) is 4.90 Å². The van der Waals surface area contributed by atoms with Crippen molar-refractivity contribution >= 4 is 11.9 Å². The highest BCUT2D eigenvalue weighted by Crippen LogP contribution is 2.40. The van der Waals surface area contributed by atoms with Crippen molar-refractivity contribution in [2.24, 2.45) is 5.92 Å². The molecule has 0 spiro atoms. The van der Waals surface area contributed by atoms with Crippen LogP contribution in [0.3, 0.4) is 0 Å². The summed E-state index contributed by atoms with van der Waals surface area (Å²) in [6.07, 6.45) is 5.71. The number of carboxylic acids is 1. The van der Waals surface area contributed by atoms with Crippen LogP contribution in [0.4, 0.5) is 0 Å². The molecule has 1 N–H and O–H groups in total. The number of likely N-dealkylation sites (tertiary alicyclic amines) is 1. The molecule has 3 atom stereocenters. The number of furan rings is 1. The van der Waals surface area contributed by atoms with Crippen LogP contribution in [0.25, 0.3) is 0 Å². The number of aliphatic carboxylic acids is 1. The second-order valence-corrected chi connectivity index (χ2v) is 6.51. The zero-order valence-corrected chi connectivity index (χ0v) is 13.0. The Balaban J connectivity index is 1.69. The highest BCUT2D eigenvalue weighted by Gasteiger charge is 2.47. The van der Waals surface area contributed by atoms with E-state index in [2.05, 4.69) is 0 Å². The van der Waals surface area contributed by atoms with Crippen LogP contribution in [0.5, 0.6) is 0 Å². The zero-order valence-electron chi connectivity index (χ0n) is 13.0. The molecule has 22 heavy (non-hydrogen) atoms. The van der Waals surface area contributed by atoms with Crippen LogP contribution < -0.4 is 0 Å². The summed E-state index contributed by atoms with van der Waals surface area (Å²) in [5.41, 5.74) is 0. The SMILES string of the molecule is Cc1ccc(CCC(=O)N2[C@H](C(=O)O)C[C@H]3CCCC[C@@H]32)o1. The maximum atomic E-state index is 12.6. The van der Waals surface area contributed by atoms with Crippen molar-refractivity contribution in [3.63, 3.8) is 0 Å². The molecular weight excluding hydrogens is 282 g/mol. The maximum absolute atomic E-state index is 12.6. The van der Waals surface area contributed by atoms with E-state index >= 15 is 0 Å². The molecule has 1 aliphatic carbocycles. The number of nitrogens with zero attached hydrogens (tertiary/aromatic N) is 1. The Labute approximate surface area is 130 Å². The Morgan fingerprint density at radius 1 is 1.32 bits per heavy atom. The molecule has 1 amide bonds. The van der Waals surface area contributed by atoms with Crippen LogP contribution in [-0.4, -0.2) is 34.0 Å². The lowest BCUT2D eigenvalue weighted by Gasteiger charge is -2.33. The van der Waals surface area contributed by atoms with Gasteiger partial charge in [-0.25, -0.2) is 4.79 Å². The number of hydrogen-bond donors (Lipinski definition) is 1. The molecule has 5 heteroatoms. The minimum Gasteiger partial charge on any atom is -0.480 e. The van der Waals surface area contributed by atoms with Gasteiger partial charge in [-0.3, -0.25) is 4.79 Å². The van der Waals surface area contributed by atoms with Gasteiger partial charge in [-0.1, -0.05) is 12.8 Å². The summed E-state index contributed by atoms with van der Waals surface area (Å²) in [4.78, 5) is 25.8. The minimum atomic E-state index is -0.864. The third-order valence-electron chi connectivity index (χ3n) is 5.04.